The van der Waals surface area contributed by atoms with Crippen molar-refractivity contribution in [3.63, 3.8) is 0 Å². The maximum absolute atomic E-state index is 11.8. The van der Waals surface area contributed by atoms with E-state index in [0.717, 1.165) is 0 Å². The number of halogens is 3. The quantitative estimate of drug-likeness (QED) is 0.708. The number of benzene rings is 1. The van der Waals surface area contributed by atoms with Gasteiger partial charge in [-0.2, -0.15) is 13.2 Å². The molecule has 0 saturated carbocycles. The lowest BCUT2D eigenvalue weighted by atomic mass is 10.1. The minimum absolute atomic E-state index is 0.112. The fourth-order valence-corrected chi connectivity index (χ4v) is 1.20. The highest BCUT2D eigenvalue weighted by atomic mass is 19.4. The number of nitrogen functional groups attached to an aromatic ring is 2. The zero-order valence-corrected chi connectivity index (χ0v) is 8.84. The van der Waals surface area contributed by atoms with Crippen molar-refractivity contribution in [1.82, 2.24) is 5.32 Å². The van der Waals surface area contributed by atoms with Crippen LogP contribution in [-0.4, -0.2) is 18.6 Å². The molecule has 17 heavy (non-hydrogen) atoms. The smallest absolute Gasteiger partial charge is 0.390 e. The zero-order chi connectivity index (χ0) is 13.1. The molecule has 1 amide bonds. The van der Waals surface area contributed by atoms with Crippen LogP contribution >= 0.6 is 0 Å². The van der Waals surface area contributed by atoms with Gasteiger partial charge >= 0.3 is 6.18 Å². The fourth-order valence-electron chi connectivity index (χ4n) is 1.20. The minimum atomic E-state index is -4.29. The van der Waals surface area contributed by atoms with Crippen LogP contribution in [0.3, 0.4) is 0 Å². The molecule has 0 aliphatic heterocycles. The van der Waals surface area contributed by atoms with E-state index in [1.165, 1.54) is 18.2 Å². The molecule has 0 radical (unpaired) electrons. The van der Waals surface area contributed by atoms with E-state index in [-0.39, 0.29) is 11.3 Å². The van der Waals surface area contributed by atoms with Crippen molar-refractivity contribution in [3.05, 3.63) is 23.8 Å². The molecule has 0 aromatic heterocycles. The SMILES string of the molecule is Nc1ccc(C(=O)NCCC(F)(F)F)c(N)c1. The van der Waals surface area contributed by atoms with Crippen LogP contribution in [0.4, 0.5) is 24.5 Å². The molecule has 0 fully saturated rings. The second-order valence-corrected chi connectivity index (χ2v) is 3.47. The number of hydrogen-bond acceptors (Lipinski definition) is 3. The van der Waals surface area contributed by atoms with Crippen LogP contribution in [0.1, 0.15) is 16.8 Å². The Morgan fingerprint density at radius 3 is 2.47 bits per heavy atom. The number of amides is 1. The summed E-state index contributed by atoms with van der Waals surface area (Å²) in [5.74, 6) is -0.647. The van der Waals surface area contributed by atoms with E-state index >= 15 is 0 Å². The predicted molar refractivity (Wildman–Crippen MR) is 58.3 cm³/mol. The molecule has 0 unspecified atom stereocenters. The molecular formula is C10H12F3N3O. The summed E-state index contributed by atoms with van der Waals surface area (Å²) >= 11 is 0. The molecule has 1 rings (SSSR count). The van der Waals surface area contributed by atoms with Crippen LogP contribution in [0, 0.1) is 0 Å². The number of nitrogens with one attached hydrogen (secondary N) is 1. The van der Waals surface area contributed by atoms with E-state index < -0.39 is 25.0 Å². The minimum Gasteiger partial charge on any atom is -0.399 e. The first kappa shape index (κ1) is 13.1. The maximum Gasteiger partial charge on any atom is 0.390 e. The Hall–Kier alpha value is -1.92. The number of carbonyl (C=O) groups excluding carboxylic acids is 1. The van der Waals surface area contributed by atoms with E-state index in [4.69, 9.17) is 11.5 Å². The van der Waals surface area contributed by atoms with E-state index in [9.17, 15) is 18.0 Å². The number of hydrogen-bond donors (Lipinski definition) is 3. The highest BCUT2D eigenvalue weighted by Gasteiger charge is 2.26. The topological polar surface area (TPSA) is 81.1 Å². The summed E-state index contributed by atoms with van der Waals surface area (Å²) in [5.41, 5.74) is 11.6. The molecule has 0 saturated heterocycles. The molecule has 1 aromatic carbocycles. The number of carbonyl (C=O) groups is 1. The molecule has 1 aromatic rings. The van der Waals surface area contributed by atoms with Gasteiger partial charge in [-0.1, -0.05) is 0 Å². The van der Waals surface area contributed by atoms with Gasteiger partial charge in [-0.15, -0.1) is 0 Å². The lowest BCUT2D eigenvalue weighted by molar-refractivity contribution is -0.132. The van der Waals surface area contributed by atoms with Crippen molar-refractivity contribution < 1.29 is 18.0 Å². The third-order valence-electron chi connectivity index (χ3n) is 2.01. The number of alkyl halides is 3. The van der Waals surface area contributed by atoms with Crippen molar-refractivity contribution in [2.75, 3.05) is 18.0 Å². The lowest BCUT2D eigenvalue weighted by Crippen LogP contribution is -2.28. The monoisotopic (exact) mass is 247 g/mol. The second-order valence-electron chi connectivity index (χ2n) is 3.47. The molecule has 0 bridgehead atoms. The summed E-state index contributed by atoms with van der Waals surface area (Å²) in [6.45, 7) is -0.480. The number of anilines is 2. The third-order valence-corrected chi connectivity index (χ3v) is 2.01. The van der Waals surface area contributed by atoms with Gasteiger partial charge in [-0.25, -0.2) is 0 Å². The van der Waals surface area contributed by atoms with E-state index in [0.29, 0.717) is 5.69 Å². The summed E-state index contributed by atoms with van der Waals surface area (Å²) in [5, 5.41) is 2.14. The van der Waals surface area contributed by atoms with Gasteiger partial charge in [0.2, 0.25) is 0 Å². The Morgan fingerprint density at radius 1 is 1.29 bits per heavy atom. The van der Waals surface area contributed by atoms with Gasteiger partial charge in [-0.3, -0.25) is 4.79 Å². The normalized spacial score (nSPS) is 11.2. The predicted octanol–water partition coefficient (Wildman–Crippen LogP) is 1.53. The Labute approximate surface area is 95.8 Å². The Morgan fingerprint density at radius 2 is 1.94 bits per heavy atom. The van der Waals surface area contributed by atoms with Crippen molar-refractivity contribution in [2.45, 2.75) is 12.6 Å². The van der Waals surface area contributed by atoms with Gasteiger partial charge in [0.1, 0.15) is 0 Å². The lowest BCUT2D eigenvalue weighted by Gasteiger charge is -2.09. The van der Waals surface area contributed by atoms with Gasteiger partial charge in [0.05, 0.1) is 12.0 Å². The molecular weight excluding hydrogens is 235 g/mol. The van der Waals surface area contributed by atoms with Gasteiger partial charge in [-0.05, 0) is 18.2 Å². The largest absolute Gasteiger partial charge is 0.399 e. The van der Waals surface area contributed by atoms with Crippen LogP contribution in [0.5, 0.6) is 0 Å². The van der Waals surface area contributed by atoms with E-state index in [2.05, 4.69) is 5.32 Å². The molecule has 94 valence electrons. The maximum atomic E-state index is 11.8. The number of rotatable bonds is 3. The van der Waals surface area contributed by atoms with Crippen LogP contribution in [0.25, 0.3) is 0 Å². The van der Waals surface area contributed by atoms with Gasteiger partial charge in [0.25, 0.3) is 5.91 Å². The van der Waals surface area contributed by atoms with Gasteiger partial charge < -0.3 is 16.8 Å². The summed E-state index contributed by atoms with van der Waals surface area (Å²) in [4.78, 5) is 11.5. The summed E-state index contributed by atoms with van der Waals surface area (Å²) in [6.07, 6.45) is -5.37. The molecule has 0 aliphatic carbocycles. The Bertz CT molecular complexity index is 418. The van der Waals surface area contributed by atoms with Gasteiger partial charge in [0, 0.05) is 17.9 Å². The molecule has 0 atom stereocenters. The standard InChI is InChI=1S/C10H12F3N3O/c11-10(12,13)3-4-16-9(17)7-2-1-6(14)5-8(7)15/h1-2,5H,3-4,14-15H2,(H,16,17). The van der Waals surface area contributed by atoms with Gasteiger partial charge in [0.15, 0.2) is 0 Å². The summed E-state index contributed by atoms with van der Waals surface area (Å²) in [6, 6.07) is 4.20. The zero-order valence-electron chi connectivity index (χ0n) is 8.84. The first-order valence-electron chi connectivity index (χ1n) is 4.79. The first-order chi connectivity index (χ1) is 7.79. The van der Waals surface area contributed by atoms with Crippen molar-refractivity contribution in [3.8, 4) is 0 Å². The first-order valence-corrected chi connectivity index (χ1v) is 4.79. The van der Waals surface area contributed by atoms with E-state index in [1.54, 1.807) is 0 Å². The highest BCUT2D eigenvalue weighted by molar-refractivity contribution is 5.99. The average Bonchev–Trinajstić information content (AvgIpc) is 2.15. The molecule has 7 heteroatoms. The summed E-state index contributed by atoms with van der Waals surface area (Å²) in [7, 11) is 0. The van der Waals surface area contributed by atoms with Crippen LogP contribution in [-0.2, 0) is 0 Å². The van der Waals surface area contributed by atoms with Crippen LogP contribution < -0.4 is 16.8 Å². The molecule has 0 heterocycles. The molecule has 5 N–H and O–H groups in total. The van der Waals surface area contributed by atoms with Crippen molar-refractivity contribution >= 4 is 17.3 Å². The Balaban J connectivity index is 2.59. The average molecular weight is 247 g/mol. The highest BCUT2D eigenvalue weighted by Crippen LogP contribution is 2.19. The third kappa shape index (κ3) is 4.21. The Kier molecular flexibility index (Phi) is 3.82. The number of nitrogens with two attached hydrogens (primary N) is 2. The molecule has 0 aliphatic rings. The van der Waals surface area contributed by atoms with Crippen molar-refractivity contribution in [2.24, 2.45) is 0 Å². The molecule has 0 spiro atoms. The fraction of sp³-hybridized carbons (Fsp3) is 0.300. The summed E-state index contributed by atoms with van der Waals surface area (Å²) < 4.78 is 35.5. The molecule has 4 nitrogen and oxygen atoms in total. The van der Waals surface area contributed by atoms with Crippen LogP contribution in [0.15, 0.2) is 18.2 Å². The van der Waals surface area contributed by atoms with Crippen LogP contribution in [0.2, 0.25) is 0 Å². The second kappa shape index (κ2) is 4.94. The van der Waals surface area contributed by atoms with Crippen molar-refractivity contribution in [1.29, 1.82) is 0 Å². The van der Waals surface area contributed by atoms with E-state index in [1.807, 2.05) is 0 Å².